The lowest BCUT2D eigenvalue weighted by Crippen LogP contribution is -2.58. The topological polar surface area (TPSA) is 103 Å². The number of carbonyl (C=O) groups is 1. The van der Waals surface area contributed by atoms with Gasteiger partial charge in [-0.2, -0.15) is 4.31 Å². The van der Waals surface area contributed by atoms with Crippen LogP contribution in [0.15, 0.2) is 35.5 Å². The predicted octanol–water partition coefficient (Wildman–Crippen LogP) is 1.29. The summed E-state index contributed by atoms with van der Waals surface area (Å²) in [7, 11) is -3.80. The van der Waals surface area contributed by atoms with Crippen LogP contribution in [0.2, 0.25) is 0 Å². The number of H-pyrrole nitrogens is 1. The summed E-state index contributed by atoms with van der Waals surface area (Å²) in [6, 6.07) is 5.34. The zero-order chi connectivity index (χ0) is 16.8. The minimum atomic E-state index is -3.80. The van der Waals surface area contributed by atoms with E-state index >= 15 is 0 Å². The van der Waals surface area contributed by atoms with Gasteiger partial charge < -0.3 is 10.1 Å². The number of alkyl halides is 1. The molecule has 1 saturated heterocycles. The van der Waals surface area contributed by atoms with Crippen LogP contribution in [0.3, 0.4) is 0 Å². The third kappa shape index (κ3) is 2.62. The van der Waals surface area contributed by atoms with E-state index in [2.05, 4.69) is 9.97 Å². The van der Waals surface area contributed by atoms with E-state index in [4.69, 9.17) is 5.11 Å². The first-order valence-electron chi connectivity index (χ1n) is 6.77. The van der Waals surface area contributed by atoms with Crippen LogP contribution in [-0.4, -0.2) is 46.9 Å². The van der Waals surface area contributed by atoms with Crippen LogP contribution < -0.4 is 0 Å². The number of aromatic carboxylic acids is 1. The number of nitrogens with zero attached hydrogens (tertiary/aromatic N) is 2. The number of nitrogens with one attached hydrogen (secondary N) is 1. The first-order chi connectivity index (χ1) is 10.7. The second kappa shape index (κ2) is 5.14. The number of sulfonamides is 1. The Morgan fingerprint density at radius 1 is 1.35 bits per heavy atom. The largest absolute Gasteiger partial charge is 0.478 e. The second-order valence-corrected chi connectivity index (χ2v) is 7.36. The van der Waals surface area contributed by atoms with Crippen LogP contribution >= 0.6 is 0 Å². The van der Waals surface area contributed by atoms with Gasteiger partial charge in [-0.3, -0.25) is 0 Å². The summed E-state index contributed by atoms with van der Waals surface area (Å²) in [5, 5.41) is 8.76. The molecule has 1 aliphatic rings. The van der Waals surface area contributed by atoms with Gasteiger partial charge in [-0.1, -0.05) is 12.1 Å². The minimum Gasteiger partial charge on any atom is -0.478 e. The van der Waals surface area contributed by atoms with Crippen molar-refractivity contribution in [3.05, 3.63) is 47.4 Å². The maximum atomic E-state index is 14.8. The van der Waals surface area contributed by atoms with Crippen molar-refractivity contribution in [3.63, 3.8) is 0 Å². The molecule has 0 bridgehead atoms. The number of carboxylic acid groups (broad SMARTS) is 1. The molecule has 7 nitrogen and oxygen atoms in total. The third-order valence-corrected chi connectivity index (χ3v) is 5.50. The van der Waals surface area contributed by atoms with Gasteiger partial charge in [-0.05, 0) is 24.6 Å². The van der Waals surface area contributed by atoms with E-state index in [1.165, 1.54) is 30.5 Å². The fourth-order valence-corrected chi connectivity index (χ4v) is 3.94. The van der Waals surface area contributed by atoms with Gasteiger partial charge in [-0.15, -0.1) is 0 Å². The van der Waals surface area contributed by atoms with Crippen LogP contribution in [0.5, 0.6) is 0 Å². The van der Waals surface area contributed by atoms with Crippen molar-refractivity contribution in [1.29, 1.82) is 0 Å². The number of benzene rings is 1. The van der Waals surface area contributed by atoms with E-state index < -0.39 is 21.7 Å². The molecule has 0 aliphatic carbocycles. The number of carboxylic acids is 1. The van der Waals surface area contributed by atoms with E-state index in [1.807, 2.05) is 0 Å². The molecular formula is C14H14FN3O4S. The van der Waals surface area contributed by atoms with Crippen LogP contribution in [0.4, 0.5) is 4.39 Å². The summed E-state index contributed by atoms with van der Waals surface area (Å²) in [5.74, 6) is -0.642. The van der Waals surface area contributed by atoms with Crippen LogP contribution in [-0.2, 0) is 15.7 Å². The van der Waals surface area contributed by atoms with Gasteiger partial charge in [0.2, 0.25) is 0 Å². The number of hydrogen-bond acceptors (Lipinski definition) is 4. The molecule has 1 fully saturated rings. The lowest BCUT2D eigenvalue weighted by atomic mass is 9.89. The first-order valence-corrected chi connectivity index (χ1v) is 8.21. The van der Waals surface area contributed by atoms with Gasteiger partial charge in [0.25, 0.3) is 10.0 Å². The Morgan fingerprint density at radius 3 is 2.43 bits per heavy atom. The molecule has 23 heavy (non-hydrogen) atoms. The van der Waals surface area contributed by atoms with Gasteiger partial charge >= 0.3 is 5.97 Å². The fourth-order valence-electron chi connectivity index (χ4n) is 2.45. The highest BCUT2D eigenvalue weighted by Gasteiger charge is 2.50. The molecule has 1 aromatic carbocycles. The number of rotatable bonds is 4. The molecule has 0 spiro atoms. The molecule has 1 aliphatic heterocycles. The first kappa shape index (κ1) is 15.6. The number of aromatic nitrogens is 2. The molecule has 2 aromatic rings. The second-order valence-electron chi connectivity index (χ2n) is 5.45. The maximum Gasteiger partial charge on any atom is 0.335 e. The molecule has 0 atom stereocenters. The van der Waals surface area contributed by atoms with Crippen molar-refractivity contribution in [3.8, 4) is 0 Å². The van der Waals surface area contributed by atoms with Crippen molar-refractivity contribution in [2.75, 3.05) is 13.1 Å². The third-order valence-electron chi connectivity index (χ3n) is 3.80. The molecule has 3 rings (SSSR count). The Hall–Kier alpha value is -2.26. The van der Waals surface area contributed by atoms with Crippen molar-refractivity contribution in [2.45, 2.75) is 17.6 Å². The van der Waals surface area contributed by atoms with E-state index in [0.717, 1.165) is 4.31 Å². The van der Waals surface area contributed by atoms with E-state index in [1.54, 1.807) is 6.92 Å². The highest BCUT2D eigenvalue weighted by molar-refractivity contribution is 7.89. The predicted molar refractivity (Wildman–Crippen MR) is 78.3 cm³/mol. The summed E-state index contributed by atoms with van der Waals surface area (Å²) in [4.78, 5) is 17.3. The molecule has 0 amide bonds. The summed E-state index contributed by atoms with van der Waals surface area (Å²) in [6.07, 6.45) is 1.20. The molecule has 2 N–H and O–H groups in total. The quantitative estimate of drug-likeness (QED) is 0.873. The number of imidazole rings is 1. The maximum absolute atomic E-state index is 14.8. The Bertz CT molecular complexity index is 854. The van der Waals surface area contributed by atoms with Gasteiger partial charge in [-0.25, -0.2) is 22.6 Å². The molecule has 122 valence electrons. The standard InChI is InChI=1S/C14H14FN3O4S/c1-9-16-6-12(17-9)23(21,22)18-7-14(15,8-18)11-4-2-10(3-5-11)13(19)20/h2-6H,7-8H2,1H3,(H,16,17)(H,19,20). The molecule has 0 saturated carbocycles. The average molecular weight is 339 g/mol. The van der Waals surface area contributed by atoms with Crippen molar-refractivity contribution >= 4 is 16.0 Å². The van der Waals surface area contributed by atoms with Gasteiger partial charge in [0.15, 0.2) is 10.7 Å². The molecule has 1 aromatic heterocycles. The number of aromatic amines is 1. The zero-order valence-corrected chi connectivity index (χ0v) is 13.0. The highest BCUT2D eigenvalue weighted by Crippen LogP contribution is 2.39. The monoisotopic (exact) mass is 339 g/mol. The Labute approximate surface area is 131 Å². The Balaban J connectivity index is 1.78. The number of hydrogen-bond donors (Lipinski definition) is 2. The summed E-state index contributed by atoms with van der Waals surface area (Å²) in [5.41, 5.74) is -1.51. The molecule has 0 radical (unpaired) electrons. The smallest absolute Gasteiger partial charge is 0.335 e. The summed E-state index contributed by atoms with van der Waals surface area (Å²) >= 11 is 0. The Morgan fingerprint density at radius 2 is 1.96 bits per heavy atom. The normalized spacial score (nSPS) is 17.7. The SMILES string of the molecule is Cc1ncc(S(=O)(=O)N2CC(F)(c3ccc(C(=O)O)cc3)C2)[nH]1. The lowest BCUT2D eigenvalue weighted by molar-refractivity contribution is 0.0177. The van der Waals surface area contributed by atoms with Crippen molar-refractivity contribution < 1.29 is 22.7 Å². The molecule has 9 heteroatoms. The highest BCUT2D eigenvalue weighted by atomic mass is 32.2. The molecule has 0 unspecified atom stereocenters. The van der Waals surface area contributed by atoms with E-state index in [9.17, 15) is 17.6 Å². The fraction of sp³-hybridized carbons (Fsp3) is 0.286. The zero-order valence-electron chi connectivity index (χ0n) is 12.2. The average Bonchev–Trinajstić information content (AvgIpc) is 2.91. The Kier molecular flexibility index (Phi) is 3.49. The van der Waals surface area contributed by atoms with Gasteiger partial charge in [0.05, 0.1) is 24.8 Å². The number of aryl methyl sites for hydroxylation is 1. The van der Waals surface area contributed by atoms with E-state index in [-0.39, 0.29) is 29.2 Å². The van der Waals surface area contributed by atoms with E-state index in [0.29, 0.717) is 5.82 Å². The number of halogens is 1. The molecular weight excluding hydrogens is 325 g/mol. The van der Waals surface area contributed by atoms with Crippen LogP contribution in [0.1, 0.15) is 21.7 Å². The van der Waals surface area contributed by atoms with Gasteiger partial charge in [0, 0.05) is 0 Å². The van der Waals surface area contributed by atoms with Gasteiger partial charge in [0.1, 0.15) is 5.82 Å². The van der Waals surface area contributed by atoms with Crippen molar-refractivity contribution in [2.24, 2.45) is 0 Å². The van der Waals surface area contributed by atoms with Crippen molar-refractivity contribution in [1.82, 2.24) is 14.3 Å². The summed E-state index contributed by atoms with van der Waals surface area (Å²) < 4.78 is 40.4. The minimum absolute atomic E-state index is 0.0501. The van der Waals surface area contributed by atoms with Crippen LogP contribution in [0.25, 0.3) is 0 Å². The molecule has 2 heterocycles. The summed E-state index contributed by atoms with van der Waals surface area (Å²) in [6.45, 7) is 0.984. The van der Waals surface area contributed by atoms with Crippen LogP contribution in [0, 0.1) is 6.92 Å². The lowest BCUT2D eigenvalue weighted by Gasteiger charge is -2.43.